The number of nitrogens with two attached hydrogens (primary N) is 2. The average Bonchev–Trinajstić information content (AvgIpc) is 2.34. The molecular formula is C13H19N3O3. The third-order valence-electron chi connectivity index (χ3n) is 2.52. The molecule has 0 spiro atoms. The maximum absolute atomic E-state index is 12.2. The quantitative estimate of drug-likeness (QED) is 0.608. The second-order valence-electron chi connectivity index (χ2n) is 4.01. The highest BCUT2D eigenvalue weighted by molar-refractivity contribution is 5.97. The Bertz CT molecular complexity index is 454. The second kappa shape index (κ2) is 6.63. The summed E-state index contributed by atoms with van der Waals surface area (Å²) in [5.41, 5.74) is 12.5. The molecule has 104 valence electrons. The lowest BCUT2D eigenvalue weighted by Crippen LogP contribution is -2.36. The van der Waals surface area contributed by atoms with Crippen LogP contribution in [0.4, 0.5) is 11.4 Å². The molecule has 0 aliphatic heterocycles. The first-order valence-electron chi connectivity index (χ1n) is 6.08. The van der Waals surface area contributed by atoms with Gasteiger partial charge in [0.15, 0.2) is 0 Å². The van der Waals surface area contributed by atoms with Crippen LogP contribution in [0.25, 0.3) is 0 Å². The molecule has 1 amide bonds. The summed E-state index contributed by atoms with van der Waals surface area (Å²) >= 11 is 0. The molecule has 6 nitrogen and oxygen atoms in total. The molecule has 0 atom stereocenters. The highest BCUT2D eigenvalue weighted by Gasteiger charge is 2.18. The van der Waals surface area contributed by atoms with E-state index in [4.69, 9.17) is 16.2 Å². The van der Waals surface area contributed by atoms with Crippen LogP contribution in [-0.4, -0.2) is 36.5 Å². The van der Waals surface area contributed by atoms with Crippen molar-refractivity contribution in [2.24, 2.45) is 0 Å². The van der Waals surface area contributed by atoms with E-state index in [0.717, 1.165) is 0 Å². The maximum Gasteiger partial charge on any atom is 0.325 e. The zero-order valence-electron chi connectivity index (χ0n) is 11.2. The summed E-state index contributed by atoms with van der Waals surface area (Å²) in [6.45, 7) is 4.10. The number of ether oxygens (including phenoxy) is 1. The van der Waals surface area contributed by atoms with Crippen molar-refractivity contribution in [3.05, 3.63) is 23.8 Å². The van der Waals surface area contributed by atoms with Crippen molar-refractivity contribution in [2.45, 2.75) is 13.8 Å². The molecule has 0 fully saturated rings. The zero-order chi connectivity index (χ0) is 14.4. The molecule has 1 aromatic rings. The summed E-state index contributed by atoms with van der Waals surface area (Å²) in [5.74, 6) is -0.732. The van der Waals surface area contributed by atoms with Crippen molar-refractivity contribution >= 4 is 23.3 Å². The van der Waals surface area contributed by atoms with E-state index in [2.05, 4.69) is 0 Å². The first-order valence-corrected chi connectivity index (χ1v) is 6.08. The van der Waals surface area contributed by atoms with Gasteiger partial charge in [0.05, 0.1) is 6.61 Å². The Morgan fingerprint density at radius 3 is 2.21 bits per heavy atom. The fourth-order valence-electron chi connectivity index (χ4n) is 1.67. The van der Waals surface area contributed by atoms with Gasteiger partial charge in [-0.1, -0.05) is 0 Å². The number of amides is 1. The second-order valence-corrected chi connectivity index (χ2v) is 4.01. The van der Waals surface area contributed by atoms with Gasteiger partial charge in [0.2, 0.25) is 0 Å². The van der Waals surface area contributed by atoms with Crippen LogP contribution in [0.15, 0.2) is 18.2 Å². The summed E-state index contributed by atoms with van der Waals surface area (Å²) in [5, 5.41) is 0. The van der Waals surface area contributed by atoms with Gasteiger partial charge in [-0.3, -0.25) is 9.59 Å². The minimum Gasteiger partial charge on any atom is -0.465 e. The van der Waals surface area contributed by atoms with E-state index in [0.29, 0.717) is 23.5 Å². The number of nitrogen functional groups attached to an aromatic ring is 2. The lowest BCUT2D eigenvalue weighted by Gasteiger charge is -2.20. The Labute approximate surface area is 112 Å². The zero-order valence-corrected chi connectivity index (χ0v) is 11.2. The SMILES string of the molecule is CCOC(=O)CN(CC)C(=O)c1cc(N)cc(N)c1. The number of likely N-dealkylation sites (N-methyl/N-ethyl adjacent to an activating group) is 1. The van der Waals surface area contributed by atoms with E-state index in [1.807, 2.05) is 0 Å². The normalized spacial score (nSPS) is 10.0. The number of rotatable bonds is 5. The summed E-state index contributed by atoms with van der Waals surface area (Å²) in [6, 6.07) is 4.64. The first-order chi connectivity index (χ1) is 8.97. The highest BCUT2D eigenvalue weighted by atomic mass is 16.5. The Morgan fingerprint density at radius 1 is 1.16 bits per heavy atom. The molecule has 0 saturated heterocycles. The molecule has 0 aliphatic rings. The topological polar surface area (TPSA) is 98.6 Å². The number of benzene rings is 1. The Hall–Kier alpha value is -2.24. The van der Waals surface area contributed by atoms with Gasteiger partial charge < -0.3 is 21.1 Å². The first kappa shape index (κ1) is 14.8. The molecule has 0 saturated carbocycles. The Morgan fingerprint density at radius 2 is 1.74 bits per heavy atom. The predicted molar refractivity (Wildman–Crippen MR) is 73.5 cm³/mol. The molecule has 1 rings (SSSR count). The molecule has 6 heteroatoms. The van der Waals surface area contributed by atoms with Gasteiger partial charge in [0.1, 0.15) is 6.54 Å². The van der Waals surface area contributed by atoms with Crippen molar-refractivity contribution < 1.29 is 14.3 Å². The lowest BCUT2D eigenvalue weighted by atomic mass is 10.1. The van der Waals surface area contributed by atoms with Crippen LogP contribution >= 0.6 is 0 Å². The Balaban J connectivity index is 2.86. The largest absolute Gasteiger partial charge is 0.465 e. The average molecular weight is 265 g/mol. The summed E-state index contributed by atoms with van der Waals surface area (Å²) in [7, 11) is 0. The van der Waals surface area contributed by atoms with Gasteiger partial charge in [-0.05, 0) is 32.0 Å². The fourth-order valence-corrected chi connectivity index (χ4v) is 1.67. The molecule has 0 radical (unpaired) electrons. The van der Waals surface area contributed by atoms with Gasteiger partial charge >= 0.3 is 5.97 Å². The summed E-state index contributed by atoms with van der Waals surface area (Å²) < 4.78 is 4.83. The molecule has 0 unspecified atom stereocenters. The monoisotopic (exact) mass is 265 g/mol. The third kappa shape index (κ3) is 4.17. The van der Waals surface area contributed by atoms with Crippen LogP contribution in [0.5, 0.6) is 0 Å². The molecular weight excluding hydrogens is 246 g/mol. The molecule has 4 N–H and O–H groups in total. The van der Waals surface area contributed by atoms with Crippen LogP contribution in [0.1, 0.15) is 24.2 Å². The molecule has 0 heterocycles. The van der Waals surface area contributed by atoms with Gasteiger partial charge in [-0.2, -0.15) is 0 Å². The van der Waals surface area contributed by atoms with Crippen LogP contribution in [0, 0.1) is 0 Å². The number of anilines is 2. The number of carbonyl (C=O) groups is 2. The summed E-state index contributed by atoms with van der Waals surface area (Å²) in [6.07, 6.45) is 0. The van der Waals surface area contributed by atoms with Crippen molar-refractivity contribution in [1.82, 2.24) is 4.90 Å². The van der Waals surface area contributed by atoms with E-state index in [-0.39, 0.29) is 19.1 Å². The van der Waals surface area contributed by atoms with E-state index in [1.165, 1.54) is 17.0 Å². The number of hydrogen-bond acceptors (Lipinski definition) is 5. The number of hydrogen-bond donors (Lipinski definition) is 2. The standard InChI is InChI=1S/C13H19N3O3/c1-3-16(8-12(17)19-4-2)13(18)9-5-10(14)7-11(15)6-9/h5-7H,3-4,8,14-15H2,1-2H3. The van der Waals surface area contributed by atoms with E-state index in [1.54, 1.807) is 19.9 Å². The van der Waals surface area contributed by atoms with E-state index < -0.39 is 5.97 Å². The smallest absolute Gasteiger partial charge is 0.325 e. The number of carbonyl (C=O) groups excluding carboxylic acids is 2. The minimum atomic E-state index is -0.436. The highest BCUT2D eigenvalue weighted by Crippen LogP contribution is 2.15. The van der Waals surface area contributed by atoms with Crippen LogP contribution in [-0.2, 0) is 9.53 Å². The third-order valence-corrected chi connectivity index (χ3v) is 2.52. The van der Waals surface area contributed by atoms with E-state index >= 15 is 0 Å². The molecule has 1 aromatic carbocycles. The Kier molecular flexibility index (Phi) is 5.17. The van der Waals surface area contributed by atoms with Crippen LogP contribution < -0.4 is 11.5 Å². The van der Waals surface area contributed by atoms with Crippen molar-refractivity contribution in [3.63, 3.8) is 0 Å². The minimum absolute atomic E-state index is 0.0854. The van der Waals surface area contributed by atoms with Crippen molar-refractivity contribution in [2.75, 3.05) is 31.2 Å². The molecule has 0 aromatic heterocycles. The van der Waals surface area contributed by atoms with E-state index in [9.17, 15) is 9.59 Å². The van der Waals surface area contributed by atoms with Crippen LogP contribution in [0.3, 0.4) is 0 Å². The molecule has 0 bridgehead atoms. The van der Waals surface area contributed by atoms with Crippen molar-refractivity contribution in [3.8, 4) is 0 Å². The van der Waals surface area contributed by atoms with Gasteiger partial charge in [-0.15, -0.1) is 0 Å². The van der Waals surface area contributed by atoms with Crippen molar-refractivity contribution in [1.29, 1.82) is 0 Å². The number of esters is 1. The predicted octanol–water partition coefficient (Wildman–Crippen LogP) is 0.876. The van der Waals surface area contributed by atoms with Gasteiger partial charge in [0.25, 0.3) is 5.91 Å². The molecule has 0 aliphatic carbocycles. The van der Waals surface area contributed by atoms with Gasteiger partial charge in [-0.25, -0.2) is 0 Å². The lowest BCUT2D eigenvalue weighted by molar-refractivity contribution is -0.143. The maximum atomic E-state index is 12.2. The fraction of sp³-hybridized carbons (Fsp3) is 0.385. The number of nitrogens with zero attached hydrogens (tertiary/aromatic N) is 1. The van der Waals surface area contributed by atoms with Crippen LogP contribution in [0.2, 0.25) is 0 Å². The summed E-state index contributed by atoms with van der Waals surface area (Å²) in [4.78, 5) is 25.0. The molecule has 19 heavy (non-hydrogen) atoms. The van der Waals surface area contributed by atoms with Gasteiger partial charge in [0, 0.05) is 23.5 Å².